The lowest BCUT2D eigenvalue weighted by molar-refractivity contribution is -0.137. The average Bonchev–Trinajstić information content (AvgIpc) is 2.97. The van der Waals surface area contributed by atoms with Crippen molar-refractivity contribution in [2.45, 2.75) is 39.4 Å². The maximum Gasteiger partial charge on any atom is 0.305 e. The zero-order valence-corrected chi connectivity index (χ0v) is 19.9. The van der Waals surface area contributed by atoms with Crippen molar-refractivity contribution >= 4 is 52.1 Å². The van der Waals surface area contributed by atoms with Gasteiger partial charge < -0.3 is 14.7 Å². The van der Waals surface area contributed by atoms with Gasteiger partial charge in [-0.15, -0.1) is 0 Å². The van der Waals surface area contributed by atoms with E-state index in [4.69, 9.17) is 22.1 Å². The van der Waals surface area contributed by atoms with Crippen LogP contribution >= 0.6 is 24.0 Å². The molecule has 0 bridgehead atoms. The summed E-state index contributed by atoms with van der Waals surface area (Å²) in [6.45, 7) is 6.66. The minimum atomic E-state index is -1.02. The number of amides is 1. The number of carbonyl (C=O) groups is 2. The molecule has 32 heavy (non-hydrogen) atoms. The highest BCUT2D eigenvalue weighted by Gasteiger charge is 2.34. The average molecular weight is 477 g/mol. The van der Waals surface area contributed by atoms with Crippen molar-refractivity contribution in [3.63, 3.8) is 0 Å². The molecule has 11 heteroatoms. The number of nitriles is 1. The van der Waals surface area contributed by atoms with Crippen LogP contribution in [0.3, 0.4) is 0 Å². The standard InChI is InChI=1S/C21H24N4O5S2/c1-11-9-24(10-12(2)30-11)18-14(13(3)15(8-22)19(28)23(18)4)7-16-20(29)25(21(31)32-16)6-5-17(26)27/h7,11-12H,5-6,9-10H2,1-4H3,(H,26,27)/b16-7-. The van der Waals surface area contributed by atoms with Gasteiger partial charge in [-0.3, -0.25) is 23.9 Å². The number of hydrogen-bond donors (Lipinski definition) is 1. The second-order valence-electron chi connectivity index (χ2n) is 7.85. The lowest BCUT2D eigenvalue weighted by atomic mass is 10.0. The maximum absolute atomic E-state index is 12.9. The molecule has 2 unspecified atom stereocenters. The van der Waals surface area contributed by atoms with Crippen molar-refractivity contribution < 1.29 is 19.4 Å². The molecule has 1 aromatic rings. The third-order valence-electron chi connectivity index (χ3n) is 5.39. The van der Waals surface area contributed by atoms with Crippen molar-refractivity contribution in [1.29, 1.82) is 5.26 Å². The Bertz CT molecular complexity index is 1110. The minimum Gasteiger partial charge on any atom is -0.481 e. The van der Waals surface area contributed by atoms with Gasteiger partial charge in [-0.25, -0.2) is 0 Å². The largest absolute Gasteiger partial charge is 0.481 e. The summed E-state index contributed by atoms with van der Waals surface area (Å²) in [5.41, 5.74) is 0.674. The van der Waals surface area contributed by atoms with Crippen LogP contribution in [-0.4, -0.2) is 62.6 Å². The summed E-state index contributed by atoms with van der Waals surface area (Å²) >= 11 is 6.36. The van der Waals surface area contributed by atoms with Crippen LogP contribution in [0.2, 0.25) is 0 Å². The molecular formula is C21H24N4O5S2. The van der Waals surface area contributed by atoms with Gasteiger partial charge in [0.15, 0.2) is 0 Å². The van der Waals surface area contributed by atoms with E-state index in [0.29, 0.717) is 34.9 Å². The highest BCUT2D eigenvalue weighted by Crippen LogP contribution is 2.36. The van der Waals surface area contributed by atoms with E-state index in [0.717, 1.165) is 11.8 Å². The lowest BCUT2D eigenvalue weighted by Crippen LogP contribution is -2.47. The fourth-order valence-electron chi connectivity index (χ4n) is 3.98. The van der Waals surface area contributed by atoms with Crippen LogP contribution in [0.25, 0.3) is 6.08 Å². The summed E-state index contributed by atoms with van der Waals surface area (Å²) in [6, 6.07) is 1.98. The van der Waals surface area contributed by atoms with E-state index in [1.807, 2.05) is 24.8 Å². The zero-order chi connectivity index (χ0) is 23.7. The van der Waals surface area contributed by atoms with Gasteiger partial charge in [0.25, 0.3) is 11.5 Å². The summed E-state index contributed by atoms with van der Waals surface area (Å²) in [7, 11) is 1.61. The van der Waals surface area contributed by atoms with E-state index in [9.17, 15) is 19.6 Å². The predicted molar refractivity (Wildman–Crippen MR) is 125 cm³/mol. The van der Waals surface area contributed by atoms with Crippen LogP contribution in [0.1, 0.15) is 37.0 Å². The number of carboxylic acid groups (broad SMARTS) is 1. The molecule has 1 N–H and O–H groups in total. The number of pyridine rings is 1. The number of nitrogens with zero attached hydrogens (tertiary/aromatic N) is 4. The summed E-state index contributed by atoms with van der Waals surface area (Å²) in [6.07, 6.45) is 1.31. The second kappa shape index (κ2) is 9.44. The van der Waals surface area contributed by atoms with Crippen LogP contribution in [0.5, 0.6) is 0 Å². The lowest BCUT2D eigenvalue weighted by Gasteiger charge is -2.38. The van der Waals surface area contributed by atoms with Crippen LogP contribution < -0.4 is 10.5 Å². The van der Waals surface area contributed by atoms with Crippen LogP contribution in [0, 0.1) is 18.3 Å². The third kappa shape index (κ3) is 4.57. The van der Waals surface area contributed by atoms with E-state index in [2.05, 4.69) is 0 Å². The number of carboxylic acids is 1. The molecule has 3 rings (SSSR count). The minimum absolute atomic E-state index is 0.0122. The van der Waals surface area contributed by atoms with Gasteiger partial charge in [-0.05, 0) is 32.4 Å². The molecule has 2 atom stereocenters. The number of thiocarbonyl (C=S) groups is 1. The van der Waals surface area contributed by atoms with Gasteiger partial charge in [-0.2, -0.15) is 5.26 Å². The van der Waals surface area contributed by atoms with E-state index >= 15 is 0 Å². The van der Waals surface area contributed by atoms with E-state index in [1.165, 1.54) is 9.47 Å². The molecule has 1 amide bonds. The van der Waals surface area contributed by atoms with Gasteiger partial charge in [0.1, 0.15) is 21.8 Å². The van der Waals surface area contributed by atoms with Gasteiger partial charge in [0, 0.05) is 32.2 Å². The first-order chi connectivity index (χ1) is 15.0. The maximum atomic E-state index is 12.9. The second-order valence-corrected chi connectivity index (χ2v) is 9.53. The number of aromatic nitrogens is 1. The Balaban J connectivity index is 2.13. The molecule has 2 aliphatic rings. The quantitative estimate of drug-likeness (QED) is 0.502. The predicted octanol–water partition coefficient (Wildman–Crippen LogP) is 1.85. The molecule has 9 nitrogen and oxygen atoms in total. The van der Waals surface area contributed by atoms with Crippen molar-refractivity contribution in [2.24, 2.45) is 7.05 Å². The number of rotatable bonds is 5. The molecule has 2 aliphatic heterocycles. The molecule has 170 valence electrons. The molecule has 2 saturated heterocycles. The normalized spacial score (nSPS) is 22.5. The highest BCUT2D eigenvalue weighted by atomic mass is 32.2. The summed E-state index contributed by atoms with van der Waals surface area (Å²) in [4.78, 5) is 40.3. The fraction of sp³-hybridized carbons (Fsp3) is 0.476. The Kier molecular flexibility index (Phi) is 7.07. The van der Waals surface area contributed by atoms with E-state index in [1.54, 1.807) is 20.0 Å². The molecular weight excluding hydrogens is 452 g/mol. The van der Waals surface area contributed by atoms with Gasteiger partial charge in [0.05, 0.1) is 23.5 Å². The zero-order valence-electron chi connectivity index (χ0n) is 18.2. The van der Waals surface area contributed by atoms with E-state index in [-0.39, 0.29) is 41.0 Å². The molecule has 0 spiro atoms. The Morgan fingerprint density at radius 2 is 1.97 bits per heavy atom. The number of thioether (sulfide) groups is 1. The number of hydrogen-bond acceptors (Lipinski definition) is 8. The molecule has 3 heterocycles. The SMILES string of the molecule is Cc1c(/C=C2\SC(=S)N(CCC(=O)O)C2=O)c(N2CC(C)OC(C)C2)n(C)c(=O)c1C#N. The number of ether oxygens (including phenoxy) is 1. The fourth-order valence-corrected chi connectivity index (χ4v) is 5.27. The first kappa shape index (κ1) is 24.0. The summed E-state index contributed by atoms with van der Waals surface area (Å²) in [5, 5.41) is 18.5. The Hall–Kier alpha value is -2.68. The Morgan fingerprint density at radius 1 is 1.34 bits per heavy atom. The topological polar surface area (TPSA) is 116 Å². The molecule has 0 aromatic carbocycles. The van der Waals surface area contributed by atoms with Gasteiger partial charge >= 0.3 is 5.97 Å². The number of morpholine rings is 1. The number of anilines is 1. The first-order valence-corrected chi connectivity index (χ1v) is 11.3. The van der Waals surface area contributed by atoms with Crippen molar-refractivity contribution in [3.8, 4) is 6.07 Å². The smallest absolute Gasteiger partial charge is 0.305 e. The van der Waals surface area contributed by atoms with Crippen molar-refractivity contribution in [2.75, 3.05) is 24.5 Å². The molecule has 0 radical (unpaired) electrons. The van der Waals surface area contributed by atoms with E-state index < -0.39 is 11.5 Å². The number of aliphatic carboxylic acids is 1. The Morgan fingerprint density at radius 3 is 2.53 bits per heavy atom. The van der Waals surface area contributed by atoms with Crippen LogP contribution in [0.15, 0.2) is 9.70 Å². The Labute approximate surface area is 195 Å². The third-order valence-corrected chi connectivity index (χ3v) is 6.76. The van der Waals surface area contributed by atoms with Gasteiger partial charge in [0.2, 0.25) is 0 Å². The first-order valence-electron chi connectivity index (χ1n) is 10.1. The molecule has 2 fully saturated rings. The van der Waals surface area contributed by atoms with Crippen molar-refractivity contribution in [1.82, 2.24) is 9.47 Å². The van der Waals surface area contributed by atoms with Gasteiger partial charge in [-0.1, -0.05) is 24.0 Å². The molecule has 0 aliphatic carbocycles. The number of carbonyl (C=O) groups excluding carboxylic acids is 1. The van der Waals surface area contributed by atoms with Crippen LogP contribution in [-0.2, 0) is 21.4 Å². The van der Waals surface area contributed by atoms with Crippen LogP contribution in [0.4, 0.5) is 5.82 Å². The molecule has 0 saturated carbocycles. The monoisotopic (exact) mass is 476 g/mol. The summed E-state index contributed by atoms with van der Waals surface area (Å²) in [5.74, 6) is -0.805. The summed E-state index contributed by atoms with van der Waals surface area (Å²) < 4.78 is 7.54. The molecule has 1 aromatic heterocycles. The van der Waals surface area contributed by atoms with Crippen molar-refractivity contribution in [3.05, 3.63) is 31.9 Å². The highest BCUT2D eigenvalue weighted by molar-refractivity contribution is 8.26.